The molecular weight excluding hydrogens is 1340 g/mol. The number of hydrogen-bond acceptors (Lipinski definition) is 6. The van der Waals surface area contributed by atoms with Crippen molar-refractivity contribution in [3.63, 3.8) is 0 Å². The van der Waals surface area contributed by atoms with E-state index in [0.29, 0.717) is 36.9 Å². The first-order valence-corrected chi connectivity index (χ1v) is 44.2. The van der Waals surface area contributed by atoms with Crippen molar-refractivity contribution in [2.45, 2.75) is 230 Å². The van der Waals surface area contributed by atoms with Gasteiger partial charge in [-0.15, -0.1) is 0 Å². The summed E-state index contributed by atoms with van der Waals surface area (Å²) < 4.78 is 19.3. The van der Waals surface area contributed by atoms with Crippen LogP contribution in [0.2, 0.25) is 25.7 Å². The second-order valence-electron chi connectivity index (χ2n) is 31.8. The predicted octanol–water partition coefficient (Wildman–Crippen LogP) is 27.0. The molecular formula is C99H116N4O4Si. The fraction of sp³-hybridized carbons (Fsp3) is 0.384. The maximum atomic E-state index is 13.1. The molecule has 0 amide bonds. The van der Waals surface area contributed by atoms with Crippen molar-refractivity contribution in [1.29, 1.82) is 0 Å². The van der Waals surface area contributed by atoms with Crippen LogP contribution in [-0.4, -0.2) is 53.8 Å². The number of nitrogens with one attached hydrogen (secondary N) is 2. The number of carbonyl (C=O) groups excluding carboxylic acids is 1. The Hall–Kier alpha value is -9.67. The van der Waals surface area contributed by atoms with Gasteiger partial charge in [-0.05, 0) is 222 Å². The zero-order valence-electron chi connectivity index (χ0n) is 67.4. The van der Waals surface area contributed by atoms with Crippen LogP contribution in [0, 0.1) is 86.0 Å². The van der Waals surface area contributed by atoms with E-state index < -0.39 is 8.07 Å². The van der Waals surface area contributed by atoms with Gasteiger partial charge in [0.2, 0.25) is 0 Å². The van der Waals surface area contributed by atoms with E-state index in [4.69, 9.17) is 24.2 Å². The number of esters is 1. The standard InChI is InChI=1S/C99H116N4O4Si/c1-15-17-19-21-23-25-27-29-31-33-55-105-90-66-81(46-40-77-37-43-79(44-38-77)99(104)107-57-58-108(12,13)14)91(106-56-34-32-30-28-26-24-22-20-18-16-2)65-80(90)45-39-76-35-41-78(42-36-76)95-82-47-49-84(100-82)96(92-70(6)59-67(3)60-71(92)7)86-51-53-88(102-86)98(94-74(10)63-69(5)64-75(94)11)89-54-52-87(103-89)97(85-50-48-83(95)101-85)93-72(8)61-68(4)62-73(93)9/h35-38,41-44,47-54,59-66,100,103H,15-34,55-58H2,1-14H3. The van der Waals surface area contributed by atoms with Crippen LogP contribution in [0.3, 0.4) is 0 Å². The molecule has 0 fully saturated rings. The van der Waals surface area contributed by atoms with Gasteiger partial charge in [0.05, 0.1) is 59.3 Å². The van der Waals surface area contributed by atoms with Crippen molar-refractivity contribution in [2.24, 2.45) is 0 Å². The second kappa shape index (κ2) is 37.9. The highest BCUT2D eigenvalue weighted by molar-refractivity contribution is 6.76. The molecule has 6 aromatic carbocycles. The van der Waals surface area contributed by atoms with Gasteiger partial charge in [0, 0.05) is 75.7 Å². The minimum atomic E-state index is -1.36. The van der Waals surface area contributed by atoms with Crippen LogP contribution in [0.1, 0.15) is 248 Å². The third-order valence-electron chi connectivity index (χ3n) is 21.2. The Morgan fingerprint density at radius 2 is 0.676 bits per heavy atom. The van der Waals surface area contributed by atoms with Crippen LogP contribution < -0.4 is 9.47 Å². The molecule has 3 aromatic heterocycles. The summed E-state index contributed by atoms with van der Waals surface area (Å²) in [6.07, 6.45) is 33.5. The first kappa shape index (κ1) is 79.4. The molecule has 108 heavy (non-hydrogen) atoms. The molecule has 0 atom stereocenters. The highest BCUT2D eigenvalue weighted by Crippen LogP contribution is 2.43. The Morgan fingerprint density at radius 1 is 0.361 bits per heavy atom. The minimum Gasteiger partial charge on any atom is -0.492 e. The zero-order valence-corrected chi connectivity index (χ0v) is 68.4. The summed E-state index contributed by atoms with van der Waals surface area (Å²) in [5.74, 6) is 15.2. The summed E-state index contributed by atoms with van der Waals surface area (Å²) in [7, 11) is -1.36. The summed E-state index contributed by atoms with van der Waals surface area (Å²) in [4.78, 5) is 32.6. The number of aryl methyl sites for hydroxylation is 9. The van der Waals surface area contributed by atoms with E-state index in [1.54, 1.807) is 0 Å². The smallest absolute Gasteiger partial charge is 0.338 e. The van der Waals surface area contributed by atoms with E-state index in [9.17, 15) is 4.79 Å². The molecule has 5 heterocycles. The number of nitrogens with zero attached hydrogens (tertiary/aromatic N) is 2. The lowest BCUT2D eigenvalue weighted by molar-refractivity contribution is 0.0525. The number of hydrogen-bond donors (Lipinski definition) is 2. The molecule has 560 valence electrons. The van der Waals surface area contributed by atoms with Gasteiger partial charge >= 0.3 is 5.97 Å². The maximum absolute atomic E-state index is 13.1. The Morgan fingerprint density at radius 3 is 1.02 bits per heavy atom. The average Bonchev–Trinajstić information content (AvgIpc) is 1.56. The van der Waals surface area contributed by atoms with Crippen LogP contribution in [0.15, 0.2) is 121 Å². The first-order valence-electron chi connectivity index (χ1n) is 40.5. The van der Waals surface area contributed by atoms with Gasteiger partial charge in [-0.3, -0.25) is 0 Å². The number of unbranched alkanes of at least 4 members (excludes halogenated alkanes) is 18. The van der Waals surface area contributed by atoms with Crippen LogP contribution in [0.5, 0.6) is 11.5 Å². The number of rotatable bonds is 32. The zero-order chi connectivity index (χ0) is 76.3. The van der Waals surface area contributed by atoms with Gasteiger partial charge in [0.1, 0.15) is 11.5 Å². The van der Waals surface area contributed by atoms with Gasteiger partial charge < -0.3 is 24.2 Å². The van der Waals surface area contributed by atoms with Crippen molar-refractivity contribution in [2.75, 3.05) is 19.8 Å². The van der Waals surface area contributed by atoms with E-state index in [1.165, 1.54) is 158 Å². The van der Waals surface area contributed by atoms with Crippen molar-refractivity contribution >= 4 is 60.4 Å². The maximum Gasteiger partial charge on any atom is 0.338 e. The lowest BCUT2D eigenvalue weighted by Crippen LogP contribution is -2.22. The van der Waals surface area contributed by atoms with Gasteiger partial charge in [0.15, 0.2) is 0 Å². The predicted molar refractivity (Wildman–Crippen MR) is 461 cm³/mol. The average molecular weight is 1450 g/mol. The minimum absolute atomic E-state index is 0.306. The van der Waals surface area contributed by atoms with E-state index >= 15 is 0 Å². The fourth-order valence-corrected chi connectivity index (χ4v) is 16.5. The molecule has 0 aliphatic carbocycles. The molecule has 8 bridgehead atoms. The molecule has 0 saturated carbocycles. The first-order chi connectivity index (χ1) is 52.2. The van der Waals surface area contributed by atoms with Crippen LogP contribution >= 0.6 is 0 Å². The molecule has 0 saturated heterocycles. The summed E-state index contributed by atoms with van der Waals surface area (Å²) in [6, 6.07) is 43.7. The third kappa shape index (κ3) is 20.8. The highest BCUT2D eigenvalue weighted by Gasteiger charge is 2.24. The van der Waals surface area contributed by atoms with E-state index in [1.807, 2.05) is 36.4 Å². The third-order valence-corrected chi connectivity index (χ3v) is 22.9. The quantitative estimate of drug-likeness (QED) is 0.0188. The van der Waals surface area contributed by atoms with E-state index in [-0.39, 0.29) is 5.97 Å². The van der Waals surface area contributed by atoms with Crippen LogP contribution in [-0.2, 0) is 4.74 Å². The van der Waals surface area contributed by atoms with Crippen molar-refractivity contribution in [3.05, 3.63) is 222 Å². The van der Waals surface area contributed by atoms with Gasteiger partial charge in [-0.1, -0.05) is 238 Å². The van der Waals surface area contributed by atoms with Crippen LogP contribution in [0.25, 0.3) is 90.9 Å². The molecule has 0 unspecified atom stereocenters. The monoisotopic (exact) mass is 1450 g/mol. The molecule has 2 aliphatic heterocycles. The number of carbonyl (C=O) groups is 1. The summed E-state index contributed by atoms with van der Waals surface area (Å²) in [5.41, 5.74) is 30.4. The van der Waals surface area contributed by atoms with Crippen LogP contribution in [0.4, 0.5) is 0 Å². The normalized spacial score (nSPS) is 11.8. The molecule has 8 nitrogen and oxygen atoms in total. The molecule has 9 aromatic rings. The van der Waals surface area contributed by atoms with Crippen molar-refractivity contribution in [3.8, 4) is 79.7 Å². The van der Waals surface area contributed by atoms with E-state index in [2.05, 4.69) is 239 Å². The molecule has 11 rings (SSSR count). The Labute approximate surface area is 647 Å². The topological polar surface area (TPSA) is 102 Å². The molecule has 2 aliphatic rings. The summed E-state index contributed by atoms with van der Waals surface area (Å²) in [5, 5.41) is 0. The summed E-state index contributed by atoms with van der Waals surface area (Å²) >= 11 is 0. The van der Waals surface area contributed by atoms with Crippen molar-refractivity contribution in [1.82, 2.24) is 19.9 Å². The number of aromatic nitrogens is 4. The molecule has 2 N–H and O–H groups in total. The lowest BCUT2D eigenvalue weighted by atomic mass is 9.92. The number of ether oxygens (including phenoxy) is 3. The van der Waals surface area contributed by atoms with Crippen molar-refractivity contribution < 1.29 is 19.0 Å². The van der Waals surface area contributed by atoms with Gasteiger partial charge in [0.25, 0.3) is 0 Å². The number of aromatic amines is 2. The SMILES string of the molecule is CCCCCCCCCCCCOc1cc(C#Cc2ccc(-c3c4nc(c(-c5c(C)cc(C)cc5C)c5ccc([nH]5)c(-c5c(C)cc(C)cc5C)c5nc(c(-c6c(C)cc(C)cc6C)c6ccc3[nH]6)C=C5)C=C4)cc2)c(OCCCCCCCCCCCC)cc1C#Cc1ccc(C(=O)OCC[Si](C)(C)C)cc1. The molecule has 9 heteroatoms. The second-order valence-corrected chi connectivity index (χ2v) is 37.5. The van der Waals surface area contributed by atoms with E-state index in [0.717, 1.165) is 138 Å². The molecule has 0 radical (unpaired) electrons. The Kier molecular flexibility index (Phi) is 27.9. The Bertz CT molecular complexity index is 4920. The Balaban J connectivity index is 1.02. The lowest BCUT2D eigenvalue weighted by Gasteiger charge is -2.15. The largest absolute Gasteiger partial charge is 0.492 e. The summed E-state index contributed by atoms with van der Waals surface area (Å²) in [6.45, 7) is 32.8. The molecule has 0 spiro atoms. The number of benzene rings is 6. The van der Waals surface area contributed by atoms with Gasteiger partial charge in [-0.2, -0.15) is 0 Å². The highest BCUT2D eigenvalue weighted by atomic mass is 28.3. The van der Waals surface area contributed by atoms with Gasteiger partial charge in [-0.25, -0.2) is 14.8 Å². The number of H-pyrrole nitrogens is 2. The number of fused-ring (bicyclic) bond motifs is 8. The fourth-order valence-electron chi connectivity index (χ4n) is 15.8.